The zero-order chi connectivity index (χ0) is 6.85. The Morgan fingerprint density at radius 3 is 2.56 bits per heavy atom. The molecule has 0 spiro atoms. The van der Waals surface area contributed by atoms with E-state index in [4.69, 9.17) is 14.9 Å². The highest BCUT2D eigenvalue weighted by atomic mass is 16.6. The van der Waals surface area contributed by atoms with Crippen LogP contribution in [0.5, 0.6) is 0 Å². The first kappa shape index (κ1) is 6.99. The van der Waals surface area contributed by atoms with Gasteiger partial charge in [0.1, 0.15) is 0 Å². The summed E-state index contributed by atoms with van der Waals surface area (Å²) in [6.07, 6.45) is -0.800. The van der Waals surface area contributed by atoms with Crippen molar-refractivity contribution in [1.29, 1.82) is 0 Å². The van der Waals surface area contributed by atoms with Crippen molar-refractivity contribution >= 4 is 0 Å². The van der Waals surface area contributed by atoms with E-state index in [9.17, 15) is 0 Å². The molecular weight excluding hydrogens is 120 g/mol. The fraction of sp³-hybridized carbons (Fsp3) is 1.00. The molecular formula is C6H12O3. The lowest BCUT2D eigenvalue weighted by Crippen LogP contribution is -2.35. The Bertz CT molecular complexity index is 94.3. The molecule has 1 rings (SSSR count). The summed E-state index contributed by atoms with van der Waals surface area (Å²) in [5.74, 6) is 0.161. The molecule has 0 aliphatic carbocycles. The highest BCUT2D eigenvalue weighted by Crippen LogP contribution is 2.16. The largest absolute Gasteiger partial charge is 0.393 e. The molecule has 1 aliphatic rings. The lowest BCUT2D eigenvalue weighted by Gasteiger charge is -2.27. The number of aliphatic hydroxyl groups is 2. The van der Waals surface area contributed by atoms with Crippen LogP contribution in [0, 0.1) is 5.92 Å². The van der Waals surface area contributed by atoms with E-state index in [2.05, 4.69) is 0 Å². The van der Waals surface area contributed by atoms with E-state index in [1.54, 1.807) is 0 Å². The standard InChI is InChI=1S/C6H12O3/c1-4-3-9-6(8)2-5(4)7/h4-8H,2-3H2,1H3/t4-,5-,6?/m1/s1. The second-order valence-electron chi connectivity index (χ2n) is 2.57. The molecule has 1 aliphatic heterocycles. The third-order valence-corrected chi connectivity index (χ3v) is 1.65. The SMILES string of the molecule is C[C@@H]1COC(O)C[C@H]1O. The van der Waals surface area contributed by atoms with Crippen LogP contribution in [0.4, 0.5) is 0 Å². The molecule has 2 N–H and O–H groups in total. The van der Waals surface area contributed by atoms with Crippen LogP contribution in [-0.2, 0) is 4.74 Å². The van der Waals surface area contributed by atoms with Crippen molar-refractivity contribution < 1.29 is 14.9 Å². The van der Waals surface area contributed by atoms with Gasteiger partial charge in [-0.05, 0) is 0 Å². The number of rotatable bonds is 0. The van der Waals surface area contributed by atoms with Gasteiger partial charge in [0.05, 0.1) is 12.7 Å². The van der Waals surface area contributed by atoms with Gasteiger partial charge in [0, 0.05) is 12.3 Å². The van der Waals surface area contributed by atoms with Gasteiger partial charge in [-0.25, -0.2) is 0 Å². The monoisotopic (exact) mass is 132 g/mol. The van der Waals surface area contributed by atoms with Crippen molar-refractivity contribution in [2.45, 2.75) is 25.7 Å². The van der Waals surface area contributed by atoms with E-state index in [1.807, 2.05) is 6.92 Å². The van der Waals surface area contributed by atoms with E-state index in [-0.39, 0.29) is 5.92 Å². The van der Waals surface area contributed by atoms with Gasteiger partial charge in [0.2, 0.25) is 0 Å². The predicted molar refractivity (Wildman–Crippen MR) is 31.7 cm³/mol. The van der Waals surface area contributed by atoms with Crippen molar-refractivity contribution in [2.75, 3.05) is 6.61 Å². The van der Waals surface area contributed by atoms with Gasteiger partial charge in [-0.15, -0.1) is 0 Å². The molecule has 0 aromatic rings. The van der Waals surface area contributed by atoms with Crippen LogP contribution in [0.1, 0.15) is 13.3 Å². The maximum atomic E-state index is 9.11. The Labute approximate surface area is 54.3 Å². The molecule has 54 valence electrons. The first-order valence-corrected chi connectivity index (χ1v) is 3.18. The van der Waals surface area contributed by atoms with Gasteiger partial charge in [-0.1, -0.05) is 6.92 Å². The summed E-state index contributed by atoms with van der Waals surface area (Å²) in [6.45, 7) is 2.36. The second-order valence-corrected chi connectivity index (χ2v) is 2.57. The van der Waals surface area contributed by atoms with E-state index in [0.717, 1.165) is 0 Å². The average Bonchev–Trinajstić information content (AvgIpc) is 1.80. The Hall–Kier alpha value is -0.120. The molecule has 9 heavy (non-hydrogen) atoms. The number of hydrogen-bond acceptors (Lipinski definition) is 3. The maximum Gasteiger partial charge on any atom is 0.157 e. The quantitative estimate of drug-likeness (QED) is 0.476. The predicted octanol–water partition coefficient (Wildman–Crippen LogP) is -0.278. The molecule has 3 nitrogen and oxygen atoms in total. The van der Waals surface area contributed by atoms with Gasteiger partial charge < -0.3 is 14.9 Å². The Balaban J connectivity index is 2.35. The van der Waals surface area contributed by atoms with E-state index in [1.165, 1.54) is 0 Å². The molecule has 1 saturated heterocycles. The van der Waals surface area contributed by atoms with Crippen LogP contribution in [-0.4, -0.2) is 29.2 Å². The van der Waals surface area contributed by atoms with Crippen molar-refractivity contribution in [3.05, 3.63) is 0 Å². The minimum absolute atomic E-state index is 0.161. The molecule has 0 aromatic heterocycles. The Kier molecular flexibility index (Phi) is 2.05. The zero-order valence-corrected chi connectivity index (χ0v) is 5.45. The van der Waals surface area contributed by atoms with Gasteiger partial charge >= 0.3 is 0 Å². The number of aliphatic hydroxyl groups excluding tert-OH is 2. The first-order chi connectivity index (χ1) is 4.20. The molecule has 0 radical (unpaired) electrons. The van der Waals surface area contributed by atoms with Crippen LogP contribution < -0.4 is 0 Å². The van der Waals surface area contributed by atoms with Crippen LogP contribution in [0.2, 0.25) is 0 Å². The molecule has 0 bridgehead atoms. The molecule has 3 atom stereocenters. The van der Waals surface area contributed by atoms with Gasteiger partial charge in [0.25, 0.3) is 0 Å². The first-order valence-electron chi connectivity index (χ1n) is 3.18. The van der Waals surface area contributed by atoms with Crippen molar-refractivity contribution in [1.82, 2.24) is 0 Å². The summed E-state index contributed by atoms with van der Waals surface area (Å²) in [5.41, 5.74) is 0. The maximum absolute atomic E-state index is 9.11. The van der Waals surface area contributed by atoms with Gasteiger partial charge in [-0.3, -0.25) is 0 Å². The topological polar surface area (TPSA) is 49.7 Å². The normalized spacial score (nSPS) is 45.0. The third-order valence-electron chi connectivity index (χ3n) is 1.65. The molecule has 3 heteroatoms. The fourth-order valence-electron chi connectivity index (χ4n) is 0.881. The lowest BCUT2D eigenvalue weighted by atomic mass is 10.0. The van der Waals surface area contributed by atoms with Crippen LogP contribution in [0.3, 0.4) is 0 Å². The Morgan fingerprint density at radius 2 is 2.11 bits per heavy atom. The minimum atomic E-state index is -0.754. The second kappa shape index (κ2) is 2.64. The Morgan fingerprint density at radius 1 is 1.44 bits per heavy atom. The van der Waals surface area contributed by atoms with Crippen LogP contribution in [0.15, 0.2) is 0 Å². The molecule has 1 fully saturated rings. The highest BCUT2D eigenvalue weighted by molar-refractivity contribution is 4.69. The van der Waals surface area contributed by atoms with Crippen LogP contribution in [0.25, 0.3) is 0 Å². The number of ether oxygens (including phenoxy) is 1. The third kappa shape index (κ3) is 1.64. The van der Waals surface area contributed by atoms with E-state index >= 15 is 0 Å². The van der Waals surface area contributed by atoms with E-state index < -0.39 is 12.4 Å². The fourth-order valence-corrected chi connectivity index (χ4v) is 0.881. The molecule has 0 aromatic carbocycles. The average molecular weight is 132 g/mol. The summed E-state index contributed by atoms with van der Waals surface area (Å²) in [6, 6.07) is 0. The summed E-state index contributed by atoms with van der Waals surface area (Å²) in [7, 11) is 0. The van der Waals surface area contributed by atoms with Crippen LogP contribution >= 0.6 is 0 Å². The lowest BCUT2D eigenvalue weighted by molar-refractivity contribution is -0.172. The molecule has 1 unspecified atom stereocenters. The van der Waals surface area contributed by atoms with Crippen molar-refractivity contribution in [3.63, 3.8) is 0 Å². The van der Waals surface area contributed by atoms with Crippen molar-refractivity contribution in [2.24, 2.45) is 5.92 Å². The zero-order valence-electron chi connectivity index (χ0n) is 5.45. The minimum Gasteiger partial charge on any atom is -0.393 e. The highest BCUT2D eigenvalue weighted by Gasteiger charge is 2.24. The van der Waals surface area contributed by atoms with E-state index in [0.29, 0.717) is 13.0 Å². The van der Waals surface area contributed by atoms with Gasteiger partial charge in [-0.2, -0.15) is 0 Å². The summed E-state index contributed by atoms with van der Waals surface area (Å²) >= 11 is 0. The summed E-state index contributed by atoms with van der Waals surface area (Å²) < 4.78 is 4.86. The molecule has 0 amide bonds. The van der Waals surface area contributed by atoms with Gasteiger partial charge in [0.15, 0.2) is 6.29 Å². The summed E-state index contributed by atoms with van der Waals surface area (Å²) in [5, 5.41) is 17.9. The smallest absolute Gasteiger partial charge is 0.157 e. The molecule has 1 heterocycles. The number of hydrogen-bond donors (Lipinski definition) is 2. The van der Waals surface area contributed by atoms with Crippen molar-refractivity contribution in [3.8, 4) is 0 Å². The summed E-state index contributed by atoms with van der Waals surface area (Å²) in [4.78, 5) is 0. The molecule has 0 saturated carbocycles.